The van der Waals surface area contributed by atoms with E-state index in [1.165, 1.54) is 24.2 Å². The van der Waals surface area contributed by atoms with Gasteiger partial charge in [0.1, 0.15) is 0 Å². The number of hydrogen-bond donors (Lipinski definition) is 0. The predicted molar refractivity (Wildman–Crippen MR) is 62.3 cm³/mol. The quantitative estimate of drug-likeness (QED) is 0.709. The van der Waals surface area contributed by atoms with Crippen LogP contribution in [0.5, 0.6) is 0 Å². The van der Waals surface area contributed by atoms with Gasteiger partial charge in [-0.25, -0.2) is 0 Å². The Balaban J connectivity index is 1.65. The van der Waals surface area contributed by atoms with Crippen LogP contribution in [0.3, 0.4) is 0 Å². The molecule has 0 aromatic heterocycles. The van der Waals surface area contributed by atoms with Crippen LogP contribution in [0, 0.1) is 31.6 Å². The van der Waals surface area contributed by atoms with Crippen molar-refractivity contribution < 1.29 is 0 Å². The second-order valence-corrected chi connectivity index (χ2v) is 5.11. The zero-order valence-corrected chi connectivity index (χ0v) is 9.32. The molecule has 0 bridgehead atoms. The topological polar surface area (TPSA) is 3.24 Å². The lowest BCUT2D eigenvalue weighted by atomic mass is 10.1. The van der Waals surface area contributed by atoms with Gasteiger partial charge in [-0.15, -0.1) is 0 Å². The third-order valence-corrected chi connectivity index (χ3v) is 4.10. The summed E-state index contributed by atoms with van der Waals surface area (Å²) in [7, 11) is 0. The minimum Gasteiger partial charge on any atom is -0.298 e. The van der Waals surface area contributed by atoms with Gasteiger partial charge < -0.3 is 0 Å². The van der Waals surface area contributed by atoms with Gasteiger partial charge in [-0.05, 0) is 42.7 Å². The average Bonchev–Trinajstić information content (AvgIpc) is 2.67. The van der Waals surface area contributed by atoms with Crippen LogP contribution < -0.4 is 0 Å². The van der Waals surface area contributed by atoms with Crippen molar-refractivity contribution in [2.24, 2.45) is 17.8 Å². The zero-order valence-electron chi connectivity index (χ0n) is 9.32. The van der Waals surface area contributed by atoms with Crippen molar-refractivity contribution in [3.8, 4) is 0 Å². The summed E-state index contributed by atoms with van der Waals surface area (Å²) in [6.07, 6.45) is 0. The molecule has 1 heteroatoms. The molecule has 2 unspecified atom stereocenters. The molecule has 1 aliphatic heterocycles. The molecule has 1 saturated heterocycles. The molecule has 0 spiro atoms. The smallest absolute Gasteiger partial charge is 0.0236 e. The number of likely N-dealkylation sites (tertiary alicyclic amines) is 1. The minimum absolute atomic E-state index is 0.762. The number of rotatable bonds is 2. The second kappa shape index (κ2) is 3.34. The Kier molecular flexibility index (Phi) is 2.10. The Morgan fingerprint density at radius 2 is 1.93 bits per heavy atom. The highest BCUT2D eigenvalue weighted by atomic mass is 15.2. The molecule has 1 heterocycles. The third kappa shape index (κ3) is 1.59. The standard InChI is InChI=1S/C14H18N/c1-10-5-3-4-6-12(10)7-15-8-13-11(2)14(13)9-15/h3-6,11,13-14H,2,7-9H2,1H3. The molecule has 2 atom stereocenters. The van der Waals surface area contributed by atoms with Crippen LogP contribution in [0.25, 0.3) is 0 Å². The van der Waals surface area contributed by atoms with Crippen molar-refractivity contribution in [1.82, 2.24) is 4.90 Å². The molecule has 79 valence electrons. The van der Waals surface area contributed by atoms with Gasteiger partial charge in [0.05, 0.1) is 0 Å². The number of piperidine rings is 1. The van der Waals surface area contributed by atoms with Crippen LogP contribution in [0.15, 0.2) is 24.3 Å². The summed E-state index contributed by atoms with van der Waals surface area (Å²) in [6.45, 7) is 10.0. The molecule has 1 radical (unpaired) electrons. The van der Waals surface area contributed by atoms with Crippen LogP contribution in [0.2, 0.25) is 0 Å². The molecule has 0 N–H and O–H groups in total. The summed E-state index contributed by atoms with van der Waals surface area (Å²) in [5, 5.41) is 0. The number of nitrogens with zero attached hydrogens (tertiary/aromatic N) is 1. The fourth-order valence-corrected chi connectivity index (χ4v) is 2.89. The van der Waals surface area contributed by atoms with E-state index in [2.05, 4.69) is 43.0 Å². The maximum atomic E-state index is 4.17. The molecule has 2 fully saturated rings. The average molecular weight is 200 g/mol. The first-order chi connectivity index (χ1) is 7.25. The van der Waals surface area contributed by atoms with Crippen molar-refractivity contribution in [2.45, 2.75) is 13.5 Å². The van der Waals surface area contributed by atoms with E-state index in [0.717, 1.165) is 24.3 Å². The van der Waals surface area contributed by atoms with Gasteiger partial charge in [0, 0.05) is 19.6 Å². The molecule has 1 aromatic rings. The molecule has 15 heavy (non-hydrogen) atoms. The normalized spacial score (nSPS) is 34.1. The summed E-state index contributed by atoms with van der Waals surface area (Å²) in [4.78, 5) is 2.58. The van der Waals surface area contributed by atoms with E-state index in [1.54, 1.807) is 0 Å². The Hall–Kier alpha value is -0.820. The van der Waals surface area contributed by atoms with E-state index in [1.807, 2.05) is 0 Å². The van der Waals surface area contributed by atoms with Crippen LogP contribution in [-0.4, -0.2) is 18.0 Å². The second-order valence-electron chi connectivity index (χ2n) is 5.11. The first-order valence-corrected chi connectivity index (χ1v) is 5.85. The molecule has 2 aliphatic rings. The summed E-state index contributed by atoms with van der Waals surface area (Å²) in [6, 6.07) is 8.72. The molecule has 3 rings (SSSR count). The van der Waals surface area contributed by atoms with Crippen molar-refractivity contribution in [3.05, 3.63) is 42.3 Å². The molecule has 1 saturated carbocycles. The third-order valence-electron chi connectivity index (χ3n) is 4.10. The Bertz CT molecular complexity index is 359. The SMILES string of the molecule is [CH2]C1C2CN(Cc3ccccc3C)CC12. The van der Waals surface area contributed by atoms with Crippen LogP contribution in [0.1, 0.15) is 11.1 Å². The van der Waals surface area contributed by atoms with Crippen molar-refractivity contribution in [3.63, 3.8) is 0 Å². The summed E-state index contributed by atoms with van der Waals surface area (Å²) in [5.41, 5.74) is 2.91. The molecule has 1 aromatic carbocycles. The van der Waals surface area contributed by atoms with E-state index in [-0.39, 0.29) is 0 Å². The highest BCUT2D eigenvalue weighted by Gasteiger charge is 2.52. The number of hydrogen-bond acceptors (Lipinski definition) is 1. The van der Waals surface area contributed by atoms with E-state index < -0.39 is 0 Å². The predicted octanol–water partition coefficient (Wildman–Crippen LogP) is 2.51. The van der Waals surface area contributed by atoms with E-state index >= 15 is 0 Å². The molecule has 0 amide bonds. The highest BCUT2D eigenvalue weighted by molar-refractivity contribution is 5.25. The van der Waals surface area contributed by atoms with E-state index in [4.69, 9.17) is 0 Å². The largest absolute Gasteiger partial charge is 0.298 e. The van der Waals surface area contributed by atoms with Gasteiger partial charge in [0.2, 0.25) is 0 Å². The van der Waals surface area contributed by atoms with Gasteiger partial charge >= 0.3 is 0 Å². The fraction of sp³-hybridized carbons (Fsp3) is 0.500. The van der Waals surface area contributed by atoms with Crippen LogP contribution in [0.4, 0.5) is 0 Å². The van der Waals surface area contributed by atoms with Crippen molar-refractivity contribution >= 4 is 0 Å². The number of benzene rings is 1. The molecular weight excluding hydrogens is 182 g/mol. The highest BCUT2D eigenvalue weighted by Crippen LogP contribution is 2.51. The Morgan fingerprint density at radius 1 is 1.27 bits per heavy atom. The first kappa shape index (κ1) is 9.41. The van der Waals surface area contributed by atoms with Gasteiger partial charge in [-0.2, -0.15) is 0 Å². The number of aryl methyl sites for hydroxylation is 1. The van der Waals surface area contributed by atoms with Crippen LogP contribution >= 0.6 is 0 Å². The van der Waals surface area contributed by atoms with E-state index in [9.17, 15) is 0 Å². The van der Waals surface area contributed by atoms with Gasteiger partial charge in [0.15, 0.2) is 0 Å². The Labute approximate surface area is 92.1 Å². The lowest BCUT2D eigenvalue weighted by Crippen LogP contribution is -2.24. The van der Waals surface area contributed by atoms with E-state index in [0.29, 0.717) is 0 Å². The minimum atomic E-state index is 0.762. The first-order valence-electron chi connectivity index (χ1n) is 5.85. The van der Waals surface area contributed by atoms with Gasteiger partial charge in [-0.3, -0.25) is 4.90 Å². The molecular formula is C14H18N. The monoisotopic (exact) mass is 200 g/mol. The zero-order chi connectivity index (χ0) is 10.4. The lowest BCUT2D eigenvalue weighted by Gasteiger charge is -2.19. The maximum Gasteiger partial charge on any atom is 0.0236 e. The van der Waals surface area contributed by atoms with Crippen LogP contribution in [-0.2, 0) is 6.54 Å². The van der Waals surface area contributed by atoms with Crippen molar-refractivity contribution in [1.29, 1.82) is 0 Å². The maximum absolute atomic E-state index is 4.17. The molecule has 1 nitrogen and oxygen atoms in total. The summed E-state index contributed by atoms with van der Waals surface area (Å²) in [5.74, 6) is 2.58. The van der Waals surface area contributed by atoms with Gasteiger partial charge in [0.25, 0.3) is 0 Å². The summed E-state index contributed by atoms with van der Waals surface area (Å²) >= 11 is 0. The number of fused-ring (bicyclic) bond motifs is 1. The van der Waals surface area contributed by atoms with Gasteiger partial charge in [-0.1, -0.05) is 24.3 Å². The van der Waals surface area contributed by atoms with Crippen molar-refractivity contribution in [2.75, 3.05) is 13.1 Å². The fourth-order valence-electron chi connectivity index (χ4n) is 2.89. The molecule has 1 aliphatic carbocycles. The Morgan fingerprint density at radius 3 is 2.60 bits per heavy atom. The summed E-state index contributed by atoms with van der Waals surface area (Å²) < 4.78 is 0. The lowest BCUT2D eigenvalue weighted by molar-refractivity contribution is 0.285.